The Kier molecular flexibility index (Phi) is 4.15. The van der Waals surface area contributed by atoms with Gasteiger partial charge in [0.15, 0.2) is 0 Å². The summed E-state index contributed by atoms with van der Waals surface area (Å²) < 4.78 is 26.7. The van der Waals surface area contributed by atoms with Gasteiger partial charge in [-0.05, 0) is 44.4 Å². The Morgan fingerprint density at radius 3 is 2.65 bits per heavy atom. The van der Waals surface area contributed by atoms with Gasteiger partial charge in [-0.15, -0.1) is 0 Å². The second-order valence-electron chi connectivity index (χ2n) is 5.24. The van der Waals surface area contributed by atoms with Crippen LogP contribution in [0.15, 0.2) is 23.1 Å². The number of aromatic carboxylic acids is 1. The first kappa shape index (κ1) is 15.0. The molecule has 1 fully saturated rings. The zero-order chi connectivity index (χ0) is 14.9. The van der Waals surface area contributed by atoms with Crippen LogP contribution in [0.1, 0.15) is 42.1 Å². The fourth-order valence-electron chi connectivity index (χ4n) is 2.56. The van der Waals surface area contributed by atoms with Crippen molar-refractivity contribution in [2.45, 2.75) is 44.0 Å². The normalized spacial score (nSPS) is 20.8. The Labute approximate surface area is 119 Å². The van der Waals surface area contributed by atoms with Crippen molar-refractivity contribution in [2.24, 2.45) is 0 Å². The molecule has 20 heavy (non-hydrogen) atoms. The number of hydrogen-bond donors (Lipinski definition) is 1. The molecule has 5 nitrogen and oxygen atoms in total. The minimum absolute atomic E-state index is 0.0377. The Hall–Kier alpha value is -1.40. The molecule has 2 rings (SSSR count). The van der Waals surface area contributed by atoms with E-state index >= 15 is 0 Å². The molecule has 110 valence electrons. The van der Waals surface area contributed by atoms with Gasteiger partial charge in [-0.1, -0.05) is 12.5 Å². The number of rotatable bonds is 3. The van der Waals surface area contributed by atoms with Crippen molar-refractivity contribution in [3.8, 4) is 0 Å². The minimum Gasteiger partial charge on any atom is -0.478 e. The molecular weight excluding hydrogens is 278 g/mol. The number of nitrogens with zero attached hydrogens (tertiary/aromatic N) is 1. The molecular formula is C14H19NO4S. The molecule has 0 saturated carbocycles. The molecule has 0 aliphatic carbocycles. The lowest BCUT2D eigenvalue weighted by atomic mass is 10.1. The van der Waals surface area contributed by atoms with E-state index in [1.807, 2.05) is 6.92 Å². The van der Waals surface area contributed by atoms with Gasteiger partial charge < -0.3 is 5.11 Å². The third-order valence-corrected chi connectivity index (χ3v) is 5.80. The maximum absolute atomic E-state index is 12.6. The van der Waals surface area contributed by atoms with Crippen LogP contribution in [0.3, 0.4) is 0 Å². The molecule has 1 aliphatic rings. The van der Waals surface area contributed by atoms with Gasteiger partial charge in [0.2, 0.25) is 10.0 Å². The van der Waals surface area contributed by atoms with Gasteiger partial charge in [0.05, 0.1) is 10.5 Å². The summed E-state index contributed by atoms with van der Waals surface area (Å²) in [5.41, 5.74) is 0.596. The summed E-state index contributed by atoms with van der Waals surface area (Å²) in [6, 6.07) is 4.25. The second kappa shape index (κ2) is 5.54. The Morgan fingerprint density at radius 2 is 2.05 bits per heavy atom. The first-order valence-electron chi connectivity index (χ1n) is 6.70. The minimum atomic E-state index is -3.61. The van der Waals surface area contributed by atoms with Crippen LogP contribution in [0.5, 0.6) is 0 Å². The average Bonchev–Trinajstić information content (AvgIpc) is 2.38. The lowest BCUT2D eigenvalue weighted by Gasteiger charge is -2.32. The first-order chi connectivity index (χ1) is 9.34. The molecule has 0 radical (unpaired) electrons. The van der Waals surface area contributed by atoms with Crippen LogP contribution in [-0.2, 0) is 10.0 Å². The van der Waals surface area contributed by atoms with Crippen LogP contribution >= 0.6 is 0 Å². The van der Waals surface area contributed by atoms with Crippen molar-refractivity contribution in [3.63, 3.8) is 0 Å². The molecule has 0 amide bonds. The van der Waals surface area contributed by atoms with E-state index < -0.39 is 16.0 Å². The smallest absolute Gasteiger partial charge is 0.335 e. The molecule has 1 aliphatic heterocycles. The Bertz CT molecular complexity index is 624. The molecule has 1 aromatic rings. The zero-order valence-electron chi connectivity index (χ0n) is 11.7. The number of aryl methyl sites for hydroxylation is 1. The standard InChI is InChI=1S/C14H19NO4S/c1-10-6-7-12(9-13(10)14(16)17)20(18,19)15-8-4-3-5-11(15)2/h6-7,9,11H,3-5,8H2,1-2H3,(H,16,17)/t11-/m0/s1. The molecule has 1 N–H and O–H groups in total. The van der Waals surface area contributed by atoms with Crippen LogP contribution in [0.25, 0.3) is 0 Å². The largest absolute Gasteiger partial charge is 0.478 e. The van der Waals surface area contributed by atoms with E-state index in [-0.39, 0.29) is 16.5 Å². The third-order valence-electron chi connectivity index (χ3n) is 3.79. The summed E-state index contributed by atoms with van der Waals surface area (Å²) in [5.74, 6) is -1.11. The van der Waals surface area contributed by atoms with Crippen LogP contribution in [0, 0.1) is 6.92 Å². The van der Waals surface area contributed by atoms with Crippen molar-refractivity contribution in [1.82, 2.24) is 4.31 Å². The fraction of sp³-hybridized carbons (Fsp3) is 0.500. The van der Waals surface area contributed by atoms with Crippen LogP contribution in [0.2, 0.25) is 0 Å². The zero-order valence-corrected chi connectivity index (χ0v) is 12.5. The van der Waals surface area contributed by atoms with Crippen molar-refractivity contribution < 1.29 is 18.3 Å². The van der Waals surface area contributed by atoms with Gasteiger partial charge in [0.1, 0.15) is 0 Å². The topological polar surface area (TPSA) is 74.7 Å². The van der Waals surface area contributed by atoms with Crippen molar-refractivity contribution in [2.75, 3.05) is 6.54 Å². The van der Waals surface area contributed by atoms with Gasteiger partial charge in [0.25, 0.3) is 0 Å². The van der Waals surface area contributed by atoms with E-state index in [4.69, 9.17) is 5.11 Å². The Balaban J connectivity index is 2.44. The Morgan fingerprint density at radius 1 is 1.35 bits per heavy atom. The summed E-state index contributed by atoms with van der Waals surface area (Å²) in [5, 5.41) is 9.11. The summed E-state index contributed by atoms with van der Waals surface area (Å²) in [7, 11) is -3.61. The highest BCUT2D eigenvalue weighted by Crippen LogP contribution is 2.26. The number of carboxylic acid groups (broad SMARTS) is 1. The molecule has 0 unspecified atom stereocenters. The van der Waals surface area contributed by atoms with Crippen LogP contribution in [0.4, 0.5) is 0 Å². The quantitative estimate of drug-likeness (QED) is 0.928. The molecule has 1 heterocycles. The van der Waals surface area contributed by atoms with Gasteiger partial charge >= 0.3 is 5.97 Å². The maximum Gasteiger partial charge on any atom is 0.335 e. The fourth-order valence-corrected chi connectivity index (χ4v) is 4.28. The highest BCUT2D eigenvalue weighted by Gasteiger charge is 2.31. The number of benzene rings is 1. The number of carboxylic acids is 1. The van der Waals surface area contributed by atoms with Crippen LogP contribution in [-0.4, -0.2) is 36.4 Å². The number of hydrogen-bond acceptors (Lipinski definition) is 3. The number of carbonyl (C=O) groups is 1. The number of piperidine rings is 1. The van der Waals surface area contributed by atoms with Crippen molar-refractivity contribution >= 4 is 16.0 Å². The van der Waals surface area contributed by atoms with Crippen molar-refractivity contribution in [3.05, 3.63) is 29.3 Å². The summed E-state index contributed by atoms with van der Waals surface area (Å²) in [6.45, 7) is 4.05. The highest BCUT2D eigenvalue weighted by molar-refractivity contribution is 7.89. The molecule has 1 saturated heterocycles. The summed E-state index contributed by atoms with van der Waals surface area (Å²) in [6.07, 6.45) is 2.72. The molecule has 0 spiro atoms. The molecule has 6 heteroatoms. The van der Waals surface area contributed by atoms with E-state index in [2.05, 4.69) is 0 Å². The molecule has 0 bridgehead atoms. The van der Waals surface area contributed by atoms with E-state index in [1.165, 1.54) is 16.4 Å². The SMILES string of the molecule is Cc1ccc(S(=O)(=O)N2CCCC[C@@H]2C)cc1C(=O)O. The molecule has 1 atom stereocenters. The van der Waals surface area contributed by atoms with E-state index in [0.29, 0.717) is 12.1 Å². The van der Waals surface area contributed by atoms with E-state index in [1.54, 1.807) is 13.0 Å². The lowest BCUT2D eigenvalue weighted by Crippen LogP contribution is -2.41. The predicted molar refractivity (Wildman–Crippen MR) is 75.3 cm³/mol. The van der Waals surface area contributed by atoms with Gasteiger partial charge in [-0.2, -0.15) is 4.31 Å². The predicted octanol–water partition coefficient (Wildman–Crippen LogP) is 2.26. The van der Waals surface area contributed by atoms with Crippen molar-refractivity contribution in [1.29, 1.82) is 0 Å². The lowest BCUT2D eigenvalue weighted by molar-refractivity contribution is 0.0696. The van der Waals surface area contributed by atoms with Gasteiger partial charge in [-0.3, -0.25) is 0 Å². The van der Waals surface area contributed by atoms with Crippen LogP contribution < -0.4 is 0 Å². The summed E-state index contributed by atoms with van der Waals surface area (Å²) in [4.78, 5) is 11.2. The molecule has 1 aromatic carbocycles. The van der Waals surface area contributed by atoms with E-state index in [0.717, 1.165) is 19.3 Å². The first-order valence-corrected chi connectivity index (χ1v) is 8.14. The van der Waals surface area contributed by atoms with Gasteiger partial charge in [0, 0.05) is 12.6 Å². The summed E-state index contributed by atoms with van der Waals surface area (Å²) >= 11 is 0. The second-order valence-corrected chi connectivity index (χ2v) is 7.13. The van der Waals surface area contributed by atoms with Gasteiger partial charge in [-0.25, -0.2) is 13.2 Å². The molecule has 0 aromatic heterocycles. The average molecular weight is 297 g/mol. The highest BCUT2D eigenvalue weighted by atomic mass is 32.2. The maximum atomic E-state index is 12.6. The third kappa shape index (κ3) is 2.71. The monoisotopic (exact) mass is 297 g/mol. The van der Waals surface area contributed by atoms with E-state index in [9.17, 15) is 13.2 Å². The number of sulfonamides is 1.